The number of nitrogens with zero attached hydrogens (tertiary/aromatic N) is 3. The zero-order chi connectivity index (χ0) is 60.2. The first-order chi connectivity index (χ1) is 40.2. The molecule has 0 spiro atoms. The van der Waals surface area contributed by atoms with Crippen molar-refractivity contribution in [2.75, 3.05) is 39.9 Å². The SMILES string of the molecule is CCCCCCCC/C=C\CCCCCCCC(=O)OCC(COC(=O)CCCCCCC/C=C\CCCCCCCC)OC(=O)CC(C)CC(=O)OC(C)OC(=O)n1c(Br)c2c3c(cccc31)C1=C[C@@H](C(=O)N(CC)CC)CN(C)C1C2. The quantitative estimate of drug-likeness (QED) is 0.0203. The van der Waals surface area contributed by atoms with Gasteiger partial charge in [-0.1, -0.05) is 166 Å². The van der Waals surface area contributed by atoms with E-state index in [0.29, 0.717) is 49.0 Å². The van der Waals surface area contributed by atoms with E-state index in [1.807, 2.05) is 44.0 Å². The number of likely N-dealkylation sites (N-methyl/N-ethyl adjacent to an activating group) is 1. The smallest absolute Gasteiger partial charge is 0.422 e. The molecule has 2 aliphatic rings. The predicted molar refractivity (Wildman–Crippen MR) is 336 cm³/mol. The van der Waals surface area contributed by atoms with Crippen LogP contribution in [0.3, 0.4) is 0 Å². The molecule has 1 aliphatic heterocycles. The second-order valence-electron chi connectivity index (χ2n) is 23.3. The number of halogens is 1. The van der Waals surface area contributed by atoms with Crippen LogP contribution < -0.4 is 0 Å². The molecule has 3 unspecified atom stereocenters. The Kier molecular flexibility index (Phi) is 35.2. The van der Waals surface area contributed by atoms with Gasteiger partial charge in [0.15, 0.2) is 6.10 Å². The topological polar surface area (TPSA) is 160 Å². The Balaban J connectivity index is 1.23. The number of hydrogen-bond acceptors (Lipinski definition) is 12. The van der Waals surface area contributed by atoms with Gasteiger partial charge in [-0.2, -0.15) is 0 Å². The van der Waals surface area contributed by atoms with Gasteiger partial charge in [-0.05, 0) is 136 Å². The van der Waals surface area contributed by atoms with Gasteiger partial charge in [0.1, 0.15) is 13.2 Å². The largest absolute Gasteiger partial charge is 0.462 e. The van der Waals surface area contributed by atoms with Crippen LogP contribution in [0.25, 0.3) is 16.5 Å². The van der Waals surface area contributed by atoms with E-state index >= 15 is 0 Å². The van der Waals surface area contributed by atoms with E-state index in [2.05, 4.69) is 65.1 Å². The van der Waals surface area contributed by atoms with Gasteiger partial charge in [-0.3, -0.25) is 28.9 Å². The van der Waals surface area contributed by atoms with Crippen molar-refractivity contribution in [1.82, 2.24) is 14.4 Å². The maximum Gasteiger partial charge on any atom is 0.422 e. The number of amides is 1. The summed E-state index contributed by atoms with van der Waals surface area (Å²) in [4.78, 5) is 83.7. The van der Waals surface area contributed by atoms with Crippen molar-refractivity contribution in [1.29, 1.82) is 0 Å². The molecule has 0 radical (unpaired) electrons. The first kappa shape index (κ1) is 70.7. The van der Waals surface area contributed by atoms with Gasteiger partial charge in [0, 0.05) is 63.7 Å². The lowest BCUT2D eigenvalue weighted by atomic mass is 9.79. The normalized spacial score (nSPS) is 15.8. The van der Waals surface area contributed by atoms with Crippen molar-refractivity contribution in [3.05, 3.63) is 64.3 Å². The van der Waals surface area contributed by atoms with Crippen molar-refractivity contribution in [2.45, 2.75) is 259 Å². The lowest BCUT2D eigenvalue weighted by Crippen LogP contribution is -2.47. The average Bonchev–Trinajstić information content (AvgIpc) is 1.92. The van der Waals surface area contributed by atoms with Crippen molar-refractivity contribution in [3.8, 4) is 0 Å². The van der Waals surface area contributed by atoms with Crippen LogP contribution in [0.4, 0.5) is 4.79 Å². The van der Waals surface area contributed by atoms with Gasteiger partial charge >= 0.3 is 30.0 Å². The minimum Gasteiger partial charge on any atom is -0.462 e. The van der Waals surface area contributed by atoms with Gasteiger partial charge in [-0.15, -0.1) is 0 Å². The second kappa shape index (κ2) is 41.3. The molecule has 0 bridgehead atoms. The highest BCUT2D eigenvalue weighted by Crippen LogP contribution is 2.45. The summed E-state index contributed by atoms with van der Waals surface area (Å²) in [7, 11) is 2.03. The van der Waals surface area contributed by atoms with Crippen LogP contribution in [0, 0.1) is 11.8 Å². The lowest BCUT2D eigenvalue weighted by molar-refractivity contribution is -0.169. The number of allylic oxidation sites excluding steroid dienone is 4. The molecule has 4 atom stereocenters. The van der Waals surface area contributed by atoms with Crippen molar-refractivity contribution < 1.29 is 52.5 Å². The fourth-order valence-corrected chi connectivity index (χ4v) is 12.0. The summed E-state index contributed by atoms with van der Waals surface area (Å²) in [6.45, 7) is 13.0. The number of hydrogen-bond donors (Lipinski definition) is 0. The van der Waals surface area contributed by atoms with E-state index in [-0.39, 0.29) is 56.8 Å². The maximum absolute atomic E-state index is 13.9. The highest BCUT2D eigenvalue weighted by atomic mass is 79.9. The Hall–Kier alpha value is -4.76. The third kappa shape index (κ3) is 26.2. The number of fused-ring (bicyclic) bond motifs is 2. The van der Waals surface area contributed by atoms with E-state index in [4.69, 9.17) is 23.7 Å². The van der Waals surface area contributed by atoms with E-state index in [0.717, 1.165) is 99.1 Å². The molecule has 1 amide bonds. The molecule has 1 aromatic carbocycles. The summed E-state index contributed by atoms with van der Waals surface area (Å²) < 4.78 is 30.1. The number of esters is 4. The molecular formula is C68H106BrN3O11. The molecule has 0 saturated heterocycles. The predicted octanol–water partition coefficient (Wildman–Crippen LogP) is 16.5. The molecule has 2 heterocycles. The fraction of sp³-hybridized carbons (Fsp3) is 0.706. The zero-order valence-electron chi connectivity index (χ0n) is 52.2. The number of benzene rings is 1. The summed E-state index contributed by atoms with van der Waals surface area (Å²) in [6.07, 6.45) is 39.0. The first-order valence-electron chi connectivity index (χ1n) is 32.5. The molecular weight excluding hydrogens is 1110 g/mol. The van der Waals surface area contributed by atoms with Crippen LogP contribution in [0.5, 0.6) is 0 Å². The summed E-state index contributed by atoms with van der Waals surface area (Å²) >= 11 is 3.70. The number of aromatic nitrogens is 1. The van der Waals surface area contributed by atoms with Gasteiger partial charge < -0.3 is 28.6 Å². The molecule has 0 N–H and O–H groups in total. The van der Waals surface area contributed by atoms with Crippen LogP contribution in [0.15, 0.2) is 53.2 Å². The van der Waals surface area contributed by atoms with Crippen LogP contribution in [0.2, 0.25) is 0 Å². The molecule has 1 aromatic heterocycles. The van der Waals surface area contributed by atoms with E-state index in [1.165, 1.54) is 88.5 Å². The van der Waals surface area contributed by atoms with Gasteiger partial charge in [0.2, 0.25) is 12.2 Å². The Bertz CT molecular complexity index is 2300. The highest BCUT2D eigenvalue weighted by molar-refractivity contribution is 9.10. The molecule has 1 aliphatic carbocycles. The number of carbonyl (C=O) groups excluding carboxylic acids is 6. The molecule has 2 aromatic rings. The lowest BCUT2D eigenvalue weighted by Gasteiger charge is -2.40. The van der Waals surface area contributed by atoms with Crippen LogP contribution in [-0.4, -0.2) is 109 Å². The molecule has 14 nitrogen and oxygen atoms in total. The van der Waals surface area contributed by atoms with Crippen LogP contribution >= 0.6 is 15.9 Å². The Morgan fingerprint density at radius 2 is 1.08 bits per heavy atom. The highest BCUT2D eigenvalue weighted by Gasteiger charge is 2.39. The summed E-state index contributed by atoms with van der Waals surface area (Å²) in [5.74, 6) is -2.87. The Morgan fingerprint density at radius 1 is 0.614 bits per heavy atom. The standard InChI is InChI=1S/C68H106BrN3O11/c1-8-12-14-16-18-20-22-24-26-28-30-32-34-36-38-43-61(73)79-50-55(51-80-62(74)44-39-37-35-33-31-29-27-25-23-21-19-17-15-13-9-2)83-64(76)46-52(5)45-63(75)81-53(6)82-68(78)72-59-42-40-41-56-57-47-54(67(77)71(10-3)11-4)49-70(7)60(57)48-58(65(56)59)66(72)69/h24-27,40-42,47,52-55,60H,8-23,28-39,43-46,48-51H2,1-7H3/b26-24-,27-25-/t52?,53?,54-,60?/m1/s1. The molecule has 15 heteroatoms. The molecule has 83 heavy (non-hydrogen) atoms. The van der Waals surface area contributed by atoms with Crippen LogP contribution in [0.1, 0.15) is 245 Å². The molecule has 0 saturated carbocycles. The number of carbonyl (C=O) groups is 6. The molecule has 0 fully saturated rings. The fourth-order valence-electron chi connectivity index (χ4n) is 11.3. The van der Waals surface area contributed by atoms with E-state index in [9.17, 15) is 28.8 Å². The third-order valence-electron chi connectivity index (χ3n) is 16.1. The molecule has 4 rings (SSSR count). The van der Waals surface area contributed by atoms with Gasteiger partial charge in [-0.25, -0.2) is 9.36 Å². The van der Waals surface area contributed by atoms with Crippen molar-refractivity contribution in [3.63, 3.8) is 0 Å². The van der Waals surface area contributed by atoms with Crippen LogP contribution in [-0.2, 0) is 54.1 Å². The maximum atomic E-state index is 13.9. The number of unbranched alkanes of at least 4 members (excludes halogenated alkanes) is 22. The average molecular weight is 1220 g/mol. The minimum absolute atomic E-state index is 0.00567. The number of ether oxygens (including phenoxy) is 5. The monoisotopic (exact) mass is 1220 g/mol. The van der Waals surface area contributed by atoms with Crippen molar-refractivity contribution >= 4 is 68.3 Å². The molecule has 466 valence electrons. The second-order valence-corrected chi connectivity index (χ2v) is 24.1. The van der Waals surface area contributed by atoms with Gasteiger partial charge in [0.05, 0.1) is 16.0 Å². The minimum atomic E-state index is -1.26. The summed E-state index contributed by atoms with van der Waals surface area (Å²) in [6, 6.07) is 5.76. The third-order valence-corrected chi connectivity index (χ3v) is 16.9. The van der Waals surface area contributed by atoms with E-state index < -0.39 is 48.3 Å². The summed E-state index contributed by atoms with van der Waals surface area (Å²) in [5, 5.41) is 0.898. The Morgan fingerprint density at radius 3 is 1.58 bits per heavy atom. The number of rotatable bonds is 44. The Labute approximate surface area is 507 Å². The van der Waals surface area contributed by atoms with E-state index in [1.54, 1.807) is 6.92 Å². The van der Waals surface area contributed by atoms with Crippen molar-refractivity contribution in [2.24, 2.45) is 11.8 Å². The first-order valence-corrected chi connectivity index (χ1v) is 33.3. The summed E-state index contributed by atoms with van der Waals surface area (Å²) in [5.41, 5.74) is 3.58. The zero-order valence-corrected chi connectivity index (χ0v) is 53.8. The van der Waals surface area contributed by atoms with Gasteiger partial charge in [0.25, 0.3) is 0 Å².